The Kier molecular flexibility index (Phi) is 5.20. The zero-order chi connectivity index (χ0) is 22.1. The lowest BCUT2D eigenvalue weighted by atomic mass is 9.96. The third-order valence-corrected chi connectivity index (χ3v) is 6.17. The van der Waals surface area contributed by atoms with E-state index < -0.39 is 0 Å². The number of nitrogens with one attached hydrogen (secondary N) is 1. The molecule has 1 fully saturated rings. The minimum atomic E-state index is -0.0622. The molecule has 0 amide bonds. The van der Waals surface area contributed by atoms with E-state index in [1.165, 1.54) is 12.0 Å². The van der Waals surface area contributed by atoms with Gasteiger partial charge in [-0.05, 0) is 54.5 Å². The summed E-state index contributed by atoms with van der Waals surface area (Å²) in [5.41, 5.74) is 5.02. The third kappa shape index (κ3) is 3.65. The highest BCUT2D eigenvalue weighted by Gasteiger charge is 2.39. The van der Waals surface area contributed by atoms with Gasteiger partial charge in [-0.2, -0.15) is 0 Å². The summed E-state index contributed by atoms with van der Waals surface area (Å²) in [6, 6.07) is 11.7. The number of para-hydroxylation sites is 1. The standard InChI is InChI=1S/C28H25N3O.H2/c1-3-9-22(4-2)30-27-16-26(32)25-18-29-17-21(14-19-10-8-11-20-15-24(19)20)28(25)31(27)23-12-6-5-7-13-23;/h3-13,16-18,20,24,30H,1-2,14-15H2;1H/b22-9+;. The van der Waals surface area contributed by atoms with E-state index in [0.717, 1.165) is 28.9 Å². The first-order valence-electron chi connectivity index (χ1n) is 10.9. The third-order valence-electron chi connectivity index (χ3n) is 6.17. The lowest BCUT2D eigenvalue weighted by molar-refractivity contribution is 0.862. The molecule has 2 aromatic heterocycles. The van der Waals surface area contributed by atoms with Gasteiger partial charge in [0.2, 0.25) is 0 Å². The summed E-state index contributed by atoms with van der Waals surface area (Å²) in [6.07, 6.45) is 17.5. The van der Waals surface area contributed by atoms with Gasteiger partial charge in [-0.25, -0.2) is 0 Å². The molecule has 4 heteroatoms. The number of allylic oxidation sites excluding steroid dienone is 7. The number of nitrogens with zero attached hydrogens (tertiary/aromatic N) is 2. The molecule has 1 aromatic carbocycles. The molecule has 0 spiro atoms. The number of rotatable bonds is 7. The molecule has 2 heterocycles. The molecule has 2 aliphatic carbocycles. The fraction of sp³-hybridized carbons (Fsp3) is 0.143. The Morgan fingerprint density at radius 3 is 2.88 bits per heavy atom. The van der Waals surface area contributed by atoms with Crippen LogP contribution in [0.4, 0.5) is 5.82 Å². The van der Waals surface area contributed by atoms with Crippen LogP contribution in [0.5, 0.6) is 0 Å². The zero-order valence-corrected chi connectivity index (χ0v) is 17.9. The molecule has 2 aliphatic rings. The molecular weight excluding hydrogens is 394 g/mol. The van der Waals surface area contributed by atoms with Crippen LogP contribution < -0.4 is 10.7 Å². The predicted molar refractivity (Wildman–Crippen MR) is 134 cm³/mol. The molecule has 32 heavy (non-hydrogen) atoms. The van der Waals surface area contributed by atoms with Crippen molar-refractivity contribution in [1.82, 2.24) is 9.55 Å². The normalized spacial score (nSPS) is 19.2. The molecule has 5 rings (SSSR count). The Bertz CT molecular complexity index is 1370. The molecule has 3 aromatic rings. The number of benzene rings is 1. The van der Waals surface area contributed by atoms with E-state index in [9.17, 15) is 4.79 Å². The Morgan fingerprint density at radius 2 is 2.09 bits per heavy atom. The molecule has 1 N–H and O–H groups in total. The summed E-state index contributed by atoms with van der Waals surface area (Å²) in [5.74, 6) is 1.97. The van der Waals surface area contributed by atoms with Gasteiger partial charge in [-0.1, -0.05) is 61.2 Å². The smallest absolute Gasteiger partial charge is 0.193 e. The highest BCUT2D eigenvalue weighted by Crippen LogP contribution is 2.48. The van der Waals surface area contributed by atoms with Gasteiger partial charge in [-0.3, -0.25) is 14.3 Å². The molecule has 160 valence electrons. The summed E-state index contributed by atoms with van der Waals surface area (Å²) < 4.78 is 2.11. The SMILES string of the molecule is C=C/C=C(\C=C)Nc1cc(=O)c2cncc(CC3=CC=CC4CC34)c2n1-c1ccccc1.[HH]. The summed E-state index contributed by atoms with van der Waals surface area (Å²) in [6.45, 7) is 7.66. The molecule has 4 nitrogen and oxygen atoms in total. The lowest BCUT2D eigenvalue weighted by Crippen LogP contribution is -2.16. The summed E-state index contributed by atoms with van der Waals surface area (Å²) in [5, 5.41) is 3.98. The number of fused-ring (bicyclic) bond motifs is 2. The molecule has 0 radical (unpaired) electrons. The van der Waals surface area contributed by atoms with Crippen LogP contribution in [-0.2, 0) is 6.42 Å². The van der Waals surface area contributed by atoms with Gasteiger partial charge in [0.05, 0.1) is 10.9 Å². The van der Waals surface area contributed by atoms with Crippen molar-refractivity contribution in [3.05, 3.63) is 125 Å². The van der Waals surface area contributed by atoms with Crippen molar-refractivity contribution in [2.24, 2.45) is 11.8 Å². The summed E-state index contributed by atoms with van der Waals surface area (Å²) >= 11 is 0. The van der Waals surface area contributed by atoms with E-state index in [1.807, 2.05) is 42.6 Å². The highest BCUT2D eigenvalue weighted by atomic mass is 16.1. The van der Waals surface area contributed by atoms with E-state index in [-0.39, 0.29) is 6.86 Å². The van der Waals surface area contributed by atoms with Gasteiger partial charge in [-0.15, -0.1) is 0 Å². The molecule has 1 saturated carbocycles. The van der Waals surface area contributed by atoms with Crippen molar-refractivity contribution in [1.29, 1.82) is 0 Å². The van der Waals surface area contributed by atoms with Gasteiger partial charge in [0.25, 0.3) is 0 Å². The largest absolute Gasteiger partial charge is 0.341 e. The topological polar surface area (TPSA) is 46.9 Å². The quantitative estimate of drug-likeness (QED) is 0.478. The second kappa shape index (κ2) is 8.31. The van der Waals surface area contributed by atoms with Crippen molar-refractivity contribution in [3.63, 3.8) is 0 Å². The van der Waals surface area contributed by atoms with Gasteiger partial charge in [0, 0.05) is 31.3 Å². The zero-order valence-electron chi connectivity index (χ0n) is 17.9. The van der Waals surface area contributed by atoms with Gasteiger partial charge >= 0.3 is 0 Å². The first kappa shape index (κ1) is 20.0. The van der Waals surface area contributed by atoms with E-state index in [0.29, 0.717) is 23.0 Å². The molecule has 0 saturated heterocycles. The average molecular weight is 422 g/mol. The Balaban J connectivity index is 0.00000259. The van der Waals surface area contributed by atoms with Crippen LogP contribution >= 0.6 is 0 Å². The van der Waals surface area contributed by atoms with E-state index in [2.05, 4.69) is 46.3 Å². The predicted octanol–water partition coefficient (Wildman–Crippen LogP) is 5.97. The van der Waals surface area contributed by atoms with Crippen molar-refractivity contribution in [2.75, 3.05) is 5.32 Å². The van der Waals surface area contributed by atoms with Crippen LogP contribution in [0, 0.1) is 11.8 Å². The Morgan fingerprint density at radius 1 is 1.25 bits per heavy atom. The van der Waals surface area contributed by atoms with Gasteiger partial charge in [0.1, 0.15) is 5.82 Å². The Labute approximate surface area is 189 Å². The first-order chi connectivity index (χ1) is 15.7. The maximum Gasteiger partial charge on any atom is 0.193 e. The number of aromatic nitrogens is 2. The summed E-state index contributed by atoms with van der Waals surface area (Å²) in [7, 11) is 0. The molecule has 2 atom stereocenters. The monoisotopic (exact) mass is 421 g/mol. The number of anilines is 1. The van der Waals surface area contributed by atoms with E-state index >= 15 is 0 Å². The van der Waals surface area contributed by atoms with Crippen LogP contribution in [0.15, 0.2) is 114 Å². The molecule has 2 unspecified atom stereocenters. The van der Waals surface area contributed by atoms with E-state index in [4.69, 9.17) is 0 Å². The number of hydrogen-bond donors (Lipinski definition) is 1. The van der Waals surface area contributed by atoms with Gasteiger partial charge < -0.3 is 5.32 Å². The number of hydrogen-bond acceptors (Lipinski definition) is 3. The lowest BCUT2D eigenvalue weighted by Gasteiger charge is -2.21. The second-order valence-corrected chi connectivity index (χ2v) is 8.26. The Hall–Kier alpha value is -3.92. The number of pyridine rings is 2. The van der Waals surface area contributed by atoms with Crippen LogP contribution in [-0.4, -0.2) is 9.55 Å². The average Bonchev–Trinajstić information content (AvgIpc) is 3.61. The maximum atomic E-state index is 13.1. The van der Waals surface area contributed by atoms with Crippen LogP contribution in [0.1, 0.15) is 13.4 Å². The second-order valence-electron chi connectivity index (χ2n) is 8.26. The molecule has 0 aliphatic heterocycles. The maximum absolute atomic E-state index is 13.1. The molecule has 0 bridgehead atoms. The fourth-order valence-corrected chi connectivity index (χ4v) is 4.54. The van der Waals surface area contributed by atoms with Crippen molar-refractivity contribution in [2.45, 2.75) is 12.8 Å². The van der Waals surface area contributed by atoms with Crippen molar-refractivity contribution < 1.29 is 1.43 Å². The van der Waals surface area contributed by atoms with Crippen molar-refractivity contribution in [3.8, 4) is 5.69 Å². The van der Waals surface area contributed by atoms with Crippen LogP contribution in [0.2, 0.25) is 0 Å². The summed E-state index contributed by atoms with van der Waals surface area (Å²) in [4.78, 5) is 17.6. The van der Waals surface area contributed by atoms with E-state index in [1.54, 1.807) is 24.4 Å². The first-order valence-corrected chi connectivity index (χ1v) is 10.9. The van der Waals surface area contributed by atoms with Gasteiger partial charge in [0.15, 0.2) is 5.43 Å². The molecular formula is C28H27N3O. The van der Waals surface area contributed by atoms with Crippen molar-refractivity contribution >= 4 is 16.7 Å². The fourth-order valence-electron chi connectivity index (χ4n) is 4.54. The minimum absolute atomic E-state index is 0. The minimum Gasteiger partial charge on any atom is -0.341 e. The van der Waals surface area contributed by atoms with Crippen LogP contribution in [0.25, 0.3) is 16.6 Å². The van der Waals surface area contributed by atoms with Crippen LogP contribution in [0.3, 0.4) is 0 Å². The highest BCUT2D eigenvalue weighted by molar-refractivity contribution is 5.86.